The fraction of sp³-hybridized carbons (Fsp3) is 0.158. The van der Waals surface area contributed by atoms with E-state index in [9.17, 15) is 0 Å². The Morgan fingerprint density at radius 2 is 1.83 bits per heavy atom. The molecule has 0 bridgehead atoms. The monoisotopic (exact) mass is 318 g/mol. The number of aromatic nitrogens is 3. The van der Waals surface area contributed by atoms with Gasteiger partial charge in [-0.2, -0.15) is 0 Å². The molecule has 0 saturated carbocycles. The van der Waals surface area contributed by atoms with Crippen LogP contribution in [0.25, 0.3) is 11.0 Å². The fourth-order valence-electron chi connectivity index (χ4n) is 2.96. The summed E-state index contributed by atoms with van der Waals surface area (Å²) in [6.07, 6.45) is 1.59. The van der Waals surface area contributed by atoms with Crippen LogP contribution in [-0.2, 0) is 13.6 Å². The average Bonchev–Trinajstić information content (AvgIpc) is 3.25. The van der Waals surface area contributed by atoms with Gasteiger partial charge in [-0.25, -0.2) is 4.98 Å². The first-order chi connectivity index (χ1) is 11.8. The van der Waals surface area contributed by atoms with Crippen LogP contribution in [0.5, 0.6) is 0 Å². The number of benzene rings is 2. The lowest BCUT2D eigenvalue weighted by atomic mass is 10.1. The second-order valence-electron chi connectivity index (χ2n) is 5.73. The van der Waals surface area contributed by atoms with E-state index in [1.807, 2.05) is 42.5 Å². The summed E-state index contributed by atoms with van der Waals surface area (Å²) in [6, 6.07) is 20.3. The quantitative estimate of drug-likeness (QED) is 0.612. The van der Waals surface area contributed by atoms with E-state index < -0.39 is 0 Å². The molecular weight excluding hydrogens is 300 g/mol. The van der Waals surface area contributed by atoms with Crippen LogP contribution in [0.15, 0.2) is 71.4 Å². The van der Waals surface area contributed by atoms with Crippen LogP contribution in [-0.4, -0.2) is 14.7 Å². The highest BCUT2D eigenvalue weighted by Crippen LogP contribution is 2.25. The standard InChI is InChI=1S/C19H18N4O/c1-23-17-10-6-5-9-16(17)21-19(23)18(14-7-3-2-4-8-14)20-13-15-11-12-24-22-15/h2-12,18,20H,13H2,1H3/t18-/m1/s1. The predicted molar refractivity (Wildman–Crippen MR) is 92.3 cm³/mol. The molecule has 1 N–H and O–H groups in total. The van der Waals surface area contributed by atoms with Crippen LogP contribution in [0.4, 0.5) is 0 Å². The Morgan fingerprint density at radius 3 is 2.58 bits per heavy atom. The molecule has 4 aromatic rings. The molecule has 0 amide bonds. The van der Waals surface area contributed by atoms with Crippen LogP contribution in [0.2, 0.25) is 0 Å². The zero-order valence-corrected chi connectivity index (χ0v) is 13.4. The maximum absolute atomic E-state index is 4.92. The highest BCUT2D eigenvalue weighted by atomic mass is 16.5. The normalized spacial score (nSPS) is 12.5. The van der Waals surface area contributed by atoms with Gasteiger partial charge in [-0.3, -0.25) is 5.32 Å². The first-order valence-electron chi connectivity index (χ1n) is 7.92. The largest absolute Gasteiger partial charge is 0.364 e. The number of para-hydroxylation sites is 2. The first kappa shape index (κ1) is 14.7. The molecule has 24 heavy (non-hydrogen) atoms. The van der Waals surface area contributed by atoms with Crippen molar-refractivity contribution in [1.82, 2.24) is 20.0 Å². The predicted octanol–water partition coefficient (Wildman–Crippen LogP) is 3.44. The van der Waals surface area contributed by atoms with Gasteiger partial charge in [0.2, 0.25) is 0 Å². The maximum atomic E-state index is 4.92. The Kier molecular flexibility index (Phi) is 3.84. The van der Waals surface area contributed by atoms with Gasteiger partial charge in [-0.15, -0.1) is 0 Å². The molecule has 0 unspecified atom stereocenters. The summed E-state index contributed by atoms with van der Waals surface area (Å²) < 4.78 is 7.06. The van der Waals surface area contributed by atoms with Crippen LogP contribution >= 0.6 is 0 Å². The smallest absolute Gasteiger partial charge is 0.131 e. The number of nitrogens with zero attached hydrogens (tertiary/aromatic N) is 3. The van der Waals surface area contributed by atoms with Gasteiger partial charge in [0.25, 0.3) is 0 Å². The molecule has 5 heteroatoms. The van der Waals surface area contributed by atoms with Gasteiger partial charge in [0, 0.05) is 19.7 Å². The zero-order valence-electron chi connectivity index (χ0n) is 13.4. The summed E-state index contributed by atoms with van der Waals surface area (Å²) in [5, 5.41) is 7.53. The summed E-state index contributed by atoms with van der Waals surface area (Å²) in [7, 11) is 2.05. The van der Waals surface area contributed by atoms with E-state index in [0.29, 0.717) is 6.54 Å². The minimum absolute atomic E-state index is 0.0275. The third-order valence-electron chi connectivity index (χ3n) is 4.19. The molecule has 5 nitrogen and oxygen atoms in total. The van der Waals surface area contributed by atoms with Crippen LogP contribution in [0, 0.1) is 0 Å². The van der Waals surface area contributed by atoms with E-state index in [1.54, 1.807) is 6.26 Å². The molecule has 0 saturated heterocycles. The number of nitrogens with one attached hydrogen (secondary N) is 1. The van der Waals surface area contributed by atoms with Crippen LogP contribution in [0.1, 0.15) is 23.1 Å². The molecule has 1 atom stereocenters. The summed E-state index contributed by atoms with van der Waals surface area (Å²) in [5.41, 5.74) is 4.16. The van der Waals surface area contributed by atoms with Gasteiger partial charge in [-0.1, -0.05) is 47.6 Å². The summed E-state index contributed by atoms with van der Waals surface area (Å²) in [4.78, 5) is 4.85. The minimum atomic E-state index is -0.0275. The number of fused-ring (bicyclic) bond motifs is 1. The van der Waals surface area contributed by atoms with Gasteiger partial charge in [-0.05, 0) is 17.7 Å². The molecule has 0 spiro atoms. The molecule has 2 heterocycles. The van der Waals surface area contributed by atoms with Crippen molar-refractivity contribution in [2.45, 2.75) is 12.6 Å². The van der Waals surface area contributed by atoms with Crippen molar-refractivity contribution >= 4 is 11.0 Å². The van der Waals surface area contributed by atoms with Gasteiger partial charge >= 0.3 is 0 Å². The number of rotatable bonds is 5. The summed E-state index contributed by atoms with van der Waals surface area (Å²) >= 11 is 0. The Balaban J connectivity index is 1.74. The van der Waals surface area contributed by atoms with Crippen molar-refractivity contribution in [2.24, 2.45) is 7.05 Å². The van der Waals surface area contributed by atoms with Crippen molar-refractivity contribution in [3.63, 3.8) is 0 Å². The van der Waals surface area contributed by atoms with E-state index in [0.717, 1.165) is 22.6 Å². The average molecular weight is 318 g/mol. The second-order valence-corrected chi connectivity index (χ2v) is 5.73. The lowest BCUT2D eigenvalue weighted by Crippen LogP contribution is -2.25. The second kappa shape index (κ2) is 6.29. The number of imidazole rings is 1. The van der Waals surface area contributed by atoms with E-state index in [-0.39, 0.29) is 6.04 Å². The highest BCUT2D eigenvalue weighted by Gasteiger charge is 2.20. The van der Waals surface area contributed by atoms with Crippen molar-refractivity contribution in [3.8, 4) is 0 Å². The van der Waals surface area contributed by atoms with Gasteiger partial charge in [0.15, 0.2) is 0 Å². The molecule has 4 rings (SSSR count). The molecule has 0 fully saturated rings. The fourth-order valence-corrected chi connectivity index (χ4v) is 2.96. The lowest BCUT2D eigenvalue weighted by Gasteiger charge is -2.18. The SMILES string of the molecule is Cn1c([C@H](NCc2ccon2)c2ccccc2)nc2ccccc21. The number of aryl methyl sites for hydroxylation is 1. The van der Waals surface area contributed by atoms with Crippen molar-refractivity contribution in [1.29, 1.82) is 0 Å². The Morgan fingerprint density at radius 1 is 1.04 bits per heavy atom. The van der Waals surface area contributed by atoms with Gasteiger partial charge in [0.05, 0.1) is 22.8 Å². The Labute approximate surface area is 139 Å². The topological polar surface area (TPSA) is 55.9 Å². The molecule has 2 aromatic heterocycles. The van der Waals surface area contributed by atoms with Crippen molar-refractivity contribution in [3.05, 3.63) is 84.0 Å². The molecule has 2 aromatic carbocycles. The lowest BCUT2D eigenvalue weighted by molar-refractivity contribution is 0.406. The number of hydrogen-bond donors (Lipinski definition) is 1. The van der Waals surface area contributed by atoms with Gasteiger partial charge < -0.3 is 9.09 Å². The number of hydrogen-bond acceptors (Lipinski definition) is 4. The van der Waals surface area contributed by atoms with Crippen molar-refractivity contribution in [2.75, 3.05) is 0 Å². The maximum Gasteiger partial charge on any atom is 0.131 e. The van der Waals surface area contributed by atoms with Crippen LogP contribution in [0.3, 0.4) is 0 Å². The molecule has 0 aliphatic heterocycles. The molecule has 0 radical (unpaired) electrons. The first-order valence-corrected chi connectivity index (χ1v) is 7.92. The van der Waals surface area contributed by atoms with Crippen molar-refractivity contribution < 1.29 is 4.52 Å². The molecule has 0 aliphatic carbocycles. The molecular formula is C19H18N4O. The highest BCUT2D eigenvalue weighted by molar-refractivity contribution is 5.76. The Bertz CT molecular complexity index is 929. The minimum Gasteiger partial charge on any atom is -0.364 e. The van der Waals surface area contributed by atoms with E-state index >= 15 is 0 Å². The molecule has 120 valence electrons. The summed E-state index contributed by atoms with van der Waals surface area (Å²) in [5.74, 6) is 0.978. The van der Waals surface area contributed by atoms with Crippen LogP contribution < -0.4 is 5.32 Å². The third kappa shape index (κ3) is 2.70. The van der Waals surface area contributed by atoms with E-state index in [2.05, 4.69) is 40.3 Å². The van der Waals surface area contributed by atoms with Gasteiger partial charge in [0.1, 0.15) is 12.1 Å². The zero-order chi connectivity index (χ0) is 16.4. The molecule has 0 aliphatic rings. The Hall–Kier alpha value is -2.92. The van der Waals surface area contributed by atoms with E-state index in [4.69, 9.17) is 9.51 Å². The van der Waals surface area contributed by atoms with E-state index in [1.165, 1.54) is 5.56 Å². The third-order valence-corrected chi connectivity index (χ3v) is 4.19. The summed E-state index contributed by atoms with van der Waals surface area (Å²) in [6.45, 7) is 0.610.